The maximum Gasteiger partial charge on any atom is 0.245 e. The van der Waals surface area contributed by atoms with Gasteiger partial charge in [0.25, 0.3) is 0 Å². The lowest BCUT2D eigenvalue weighted by Gasteiger charge is -2.38. The van der Waals surface area contributed by atoms with E-state index < -0.39 is 0 Å². The number of carbonyl (C=O) groups is 2. The van der Waals surface area contributed by atoms with Crippen LogP contribution in [0.2, 0.25) is 0 Å². The summed E-state index contributed by atoms with van der Waals surface area (Å²) in [6.07, 6.45) is 6.15. The average molecular weight is 384 g/mol. The van der Waals surface area contributed by atoms with Crippen LogP contribution in [0.1, 0.15) is 56.9 Å². The molecule has 0 saturated carbocycles. The summed E-state index contributed by atoms with van der Waals surface area (Å²) in [6.45, 7) is 4.49. The van der Waals surface area contributed by atoms with Crippen LogP contribution < -0.4 is 0 Å². The topological polar surface area (TPSA) is 43.9 Å². The molecule has 0 unspecified atom stereocenters. The summed E-state index contributed by atoms with van der Waals surface area (Å²) >= 11 is 0. The average Bonchev–Trinajstić information content (AvgIpc) is 3.29. The second-order valence-corrected chi connectivity index (χ2v) is 8.76. The molecule has 152 valence electrons. The van der Waals surface area contributed by atoms with Gasteiger partial charge in [0.1, 0.15) is 6.04 Å². The molecule has 5 nitrogen and oxygen atoms in total. The monoisotopic (exact) mass is 383 g/mol. The second kappa shape index (κ2) is 8.24. The second-order valence-electron chi connectivity index (χ2n) is 8.76. The Kier molecular flexibility index (Phi) is 5.72. The van der Waals surface area contributed by atoms with Crippen LogP contribution in [0.4, 0.5) is 0 Å². The first-order valence-corrected chi connectivity index (χ1v) is 10.9. The van der Waals surface area contributed by atoms with Gasteiger partial charge >= 0.3 is 0 Å². The molecule has 28 heavy (non-hydrogen) atoms. The van der Waals surface area contributed by atoms with Gasteiger partial charge < -0.3 is 14.7 Å². The molecule has 5 heteroatoms. The molecule has 0 bridgehead atoms. The van der Waals surface area contributed by atoms with Gasteiger partial charge in [-0.25, -0.2) is 0 Å². The van der Waals surface area contributed by atoms with Gasteiger partial charge in [-0.2, -0.15) is 0 Å². The molecule has 1 aromatic rings. The summed E-state index contributed by atoms with van der Waals surface area (Å²) in [4.78, 5) is 32.1. The van der Waals surface area contributed by atoms with Crippen molar-refractivity contribution < 1.29 is 9.59 Å². The molecule has 4 atom stereocenters. The zero-order chi connectivity index (χ0) is 19.7. The lowest BCUT2D eigenvalue weighted by atomic mass is 9.87. The van der Waals surface area contributed by atoms with Gasteiger partial charge in [0, 0.05) is 37.5 Å². The van der Waals surface area contributed by atoms with Crippen molar-refractivity contribution in [1.82, 2.24) is 14.7 Å². The number of amides is 2. The molecule has 4 rings (SSSR count). The first kappa shape index (κ1) is 19.4. The van der Waals surface area contributed by atoms with Crippen LogP contribution in [-0.2, 0) is 9.59 Å². The highest BCUT2D eigenvalue weighted by atomic mass is 16.2. The minimum atomic E-state index is -0.346. The Morgan fingerprint density at radius 1 is 1.07 bits per heavy atom. The standard InChI is InChI=1S/C23H33N3O2/c1-17(25-15-9-13-21(25)27)23(28)26-16-19(18-10-5-3-6-11-18)22-20(26)12-7-4-8-14-24(22)2/h3,5-6,10-11,17,19-20,22H,4,7-9,12-16H2,1-2H3/t17-,19+,20-,22+/m1/s1. The van der Waals surface area contributed by atoms with Gasteiger partial charge in [-0.1, -0.05) is 43.2 Å². The van der Waals surface area contributed by atoms with Crippen LogP contribution in [-0.4, -0.2) is 71.3 Å². The van der Waals surface area contributed by atoms with Crippen LogP contribution in [0.3, 0.4) is 0 Å². The Morgan fingerprint density at radius 2 is 1.86 bits per heavy atom. The van der Waals surface area contributed by atoms with Crippen LogP contribution >= 0.6 is 0 Å². The zero-order valence-corrected chi connectivity index (χ0v) is 17.2. The van der Waals surface area contributed by atoms with E-state index in [1.165, 1.54) is 24.8 Å². The number of carbonyl (C=O) groups excluding carboxylic acids is 2. The molecule has 2 amide bonds. The van der Waals surface area contributed by atoms with E-state index >= 15 is 0 Å². The third kappa shape index (κ3) is 3.57. The summed E-state index contributed by atoms with van der Waals surface area (Å²) in [5.74, 6) is 0.600. The van der Waals surface area contributed by atoms with Gasteiger partial charge in [0.15, 0.2) is 0 Å². The van der Waals surface area contributed by atoms with Gasteiger partial charge in [-0.15, -0.1) is 0 Å². The smallest absolute Gasteiger partial charge is 0.245 e. The summed E-state index contributed by atoms with van der Waals surface area (Å²) in [5, 5.41) is 0. The van der Waals surface area contributed by atoms with E-state index in [-0.39, 0.29) is 23.9 Å². The number of rotatable bonds is 3. The molecule has 0 radical (unpaired) electrons. The van der Waals surface area contributed by atoms with Crippen molar-refractivity contribution in [1.29, 1.82) is 0 Å². The normalized spacial score (nSPS) is 30.1. The van der Waals surface area contributed by atoms with Gasteiger partial charge in [-0.3, -0.25) is 9.59 Å². The summed E-state index contributed by atoms with van der Waals surface area (Å²) in [6, 6.07) is 10.9. The predicted octanol–water partition coefficient (Wildman–Crippen LogP) is 2.87. The SMILES string of the molecule is C[C@H](C(=O)N1C[C@@H](c2ccccc2)[C@H]2[C@H]1CCCCCN2C)N1CCCC1=O. The van der Waals surface area contributed by atoms with Crippen molar-refractivity contribution >= 4 is 11.8 Å². The van der Waals surface area contributed by atoms with Gasteiger partial charge in [0.05, 0.1) is 0 Å². The first-order chi connectivity index (χ1) is 13.6. The molecule has 3 heterocycles. The molecular formula is C23H33N3O2. The first-order valence-electron chi connectivity index (χ1n) is 10.9. The number of nitrogens with zero attached hydrogens (tertiary/aromatic N) is 3. The van der Waals surface area contributed by atoms with Crippen LogP contribution in [0.25, 0.3) is 0 Å². The van der Waals surface area contributed by atoms with E-state index in [1.807, 2.05) is 6.92 Å². The Labute approximate surface area is 168 Å². The van der Waals surface area contributed by atoms with Crippen molar-refractivity contribution in [3.8, 4) is 0 Å². The molecule has 3 aliphatic heterocycles. The minimum absolute atomic E-state index is 0.131. The van der Waals surface area contributed by atoms with E-state index in [9.17, 15) is 9.59 Å². The number of fused-ring (bicyclic) bond motifs is 1. The Morgan fingerprint density at radius 3 is 2.57 bits per heavy atom. The van der Waals surface area contributed by atoms with Crippen molar-refractivity contribution in [2.45, 2.75) is 69.5 Å². The fourth-order valence-electron chi connectivity index (χ4n) is 5.58. The Balaban J connectivity index is 1.62. The highest BCUT2D eigenvalue weighted by molar-refractivity contribution is 5.88. The number of benzene rings is 1. The minimum Gasteiger partial charge on any atom is -0.336 e. The van der Waals surface area contributed by atoms with E-state index in [0.29, 0.717) is 18.4 Å². The maximum atomic E-state index is 13.5. The van der Waals surface area contributed by atoms with Crippen molar-refractivity contribution in [3.63, 3.8) is 0 Å². The van der Waals surface area contributed by atoms with E-state index in [2.05, 4.69) is 47.2 Å². The quantitative estimate of drug-likeness (QED) is 0.806. The largest absolute Gasteiger partial charge is 0.336 e. The molecule has 3 aliphatic rings. The molecular weight excluding hydrogens is 350 g/mol. The third-order valence-corrected chi connectivity index (χ3v) is 7.07. The Hall–Kier alpha value is -1.88. The summed E-state index contributed by atoms with van der Waals surface area (Å²) < 4.78 is 0. The maximum absolute atomic E-state index is 13.5. The van der Waals surface area contributed by atoms with Crippen LogP contribution in [0.15, 0.2) is 30.3 Å². The molecule has 3 fully saturated rings. The third-order valence-electron chi connectivity index (χ3n) is 7.07. The molecule has 0 N–H and O–H groups in total. The van der Waals surface area contributed by atoms with E-state index in [0.717, 1.165) is 32.5 Å². The summed E-state index contributed by atoms with van der Waals surface area (Å²) in [5.41, 5.74) is 1.32. The van der Waals surface area contributed by atoms with Crippen molar-refractivity contribution in [2.24, 2.45) is 0 Å². The van der Waals surface area contributed by atoms with Crippen molar-refractivity contribution in [2.75, 3.05) is 26.7 Å². The number of likely N-dealkylation sites (N-methyl/N-ethyl adjacent to an activating group) is 1. The number of likely N-dealkylation sites (tertiary alicyclic amines) is 3. The molecule has 0 aliphatic carbocycles. The number of hydrogen-bond donors (Lipinski definition) is 0. The van der Waals surface area contributed by atoms with Crippen LogP contribution in [0, 0.1) is 0 Å². The molecule has 0 spiro atoms. The Bertz CT molecular complexity index is 707. The fraction of sp³-hybridized carbons (Fsp3) is 0.652. The molecule has 3 saturated heterocycles. The fourth-order valence-corrected chi connectivity index (χ4v) is 5.58. The summed E-state index contributed by atoms with van der Waals surface area (Å²) in [7, 11) is 2.22. The van der Waals surface area contributed by atoms with Gasteiger partial charge in [-0.05, 0) is 45.3 Å². The highest BCUT2D eigenvalue weighted by Gasteiger charge is 2.48. The van der Waals surface area contributed by atoms with E-state index in [1.54, 1.807) is 4.90 Å². The lowest BCUT2D eigenvalue weighted by molar-refractivity contribution is -0.143. The predicted molar refractivity (Wildman–Crippen MR) is 110 cm³/mol. The van der Waals surface area contributed by atoms with Crippen molar-refractivity contribution in [3.05, 3.63) is 35.9 Å². The molecule has 0 aromatic heterocycles. The lowest BCUT2D eigenvalue weighted by Crippen LogP contribution is -2.52. The molecule has 1 aromatic carbocycles. The van der Waals surface area contributed by atoms with E-state index in [4.69, 9.17) is 0 Å². The van der Waals surface area contributed by atoms with Gasteiger partial charge in [0.2, 0.25) is 11.8 Å². The zero-order valence-electron chi connectivity index (χ0n) is 17.2. The van der Waals surface area contributed by atoms with Crippen LogP contribution in [0.5, 0.6) is 0 Å². The number of hydrogen-bond acceptors (Lipinski definition) is 3. The highest BCUT2D eigenvalue weighted by Crippen LogP contribution is 2.39.